The summed E-state index contributed by atoms with van der Waals surface area (Å²) < 4.78 is 0. The second kappa shape index (κ2) is 8.14. The molecule has 0 heterocycles. The Kier molecular flexibility index (Phi) is 6.74. The van der Waals surface area contributed by atoms with Gasteiger partial charge in [0, 0.05) is 18.8 Å². The number of aliphatic imine (C=N–C) groups is 1. The molecule has 0 unspecified atom stereocenters. The Bertz CT molecular complexity index is 349. The Labute approximate surface area is 107 Å². The summed E-state index contributed by atoms with van der Waals surface area (Å²) in [5.74, 6) is 0.900. The Morgan fingerprint density at radius 3 is 2.41 bits per heavy atom. The monoisotopic (exact) mass is 252 g/mol. The molecule has 0 spiro atoms. The number of aliphatic hydroxyl groups excluding tert-OH is 1. The number of aliphatic hydroxyl groups is 1. The summed E-state index contributed by atoms with van der Waals surface area (Å²) in [6.45, 7) is 5.91. The lowest BCUT2D eigenvalue weighted by Crippen LogP contribution is -2.20. The van der Waals surface area contributed by atoms with Crippen molar-refractivity contribution in [1.29, 1.82) is 0 Å². The fourth-order valence-electron chi connectivity index (χ4n) is 1.34. The first-order valence-corrected chi connectivity index (χ1v) is 6.88. The van der Waals surface area contributed by atoms with Crippen LogP contribution in [0.25, 0.3) is 0 Å². The van der Waals surface area contributed by atoms with Crippen LogP contribution in [0.3, 0.4) is 0 Å². The topological polar surface area (TPSA) is 44.6 Å². The van der Waals surface area contributed by atoms with Crippen LogP contribution in [0, 0.1) is 0 Å². The summed E-state index contributed by atoms with van der Waals surface area (Å²) in [6.07, 6.45) is 0. The van der Waals surface area contributed by atoms with Gasteiger partial charge < -0.3 is 10.4 Å². The summed E-state index contributed by atoms with van der Waals surface area (Å²) >= 11 is 1.71. The van der Waals surface area contributed by atoms with Crippen molar-refractivity contribution in [3.8, 4) is 0 Å². The van der Waals surface area contributed by atoms with E-state index in [4.69, 9.17) is 5.11 Å². The highest BCUT2D eigenvalue weighted by molar-refractivity contribution is 8.13. The van der Waals surface area contributed by atoms with E-state index in [0.717, 1.165) is 29.6 Å². The number of thioether (sulfide) groups is 1. The van der Waals surface area contributed by atoms with Crippen LogP contribution < -0.4 is 5.32 Å². The van der Waals surface area contributed by atoms with Crippen LogP contribution in [-0.2, 0) is 12.4 Å². The molecule has 0 aromatic heterocycles. The molecule has 0 saturated carbocycles. The Morgan fingerprint density at radius 1 is 1.24 bits per heavy atom. The lowest BCUT2D eigenvalue weighted by Gasteiger charge is -2.07. The van der Waals surface area contributed by atoms with E-state index in [0.29, 0.717) is 0 Å². The van der Waals surface area contributed by atoms with Gasteiger partial charge in [0.05, 0.1) is 6.61 Å². The fourth-order valence-corrected chi connectivity index (χ4v) is 2.30. The van der Waals surface area contributed by atoms with E-state index >= 15 is 0 Å². The number of hydrogen-bond donors (Lipinski definition) is 2. The maximum atomic E-state index is 8.95. The second-order valence-corrected chi connectivity index (χ2v) is 4.54. The molecule has 0 atom stereocenters. The summed E-state index contributed by atoms with van der Waals surface area (Å²) in [6, 6.07) is 8.02. The molecule has 0 aliphatic rings. The van der Waals surface area contributed by atoms with Crippen molar-refractivity contribution in [1.82, 2.24) is 5.32 Å². The molecule has 0 radical (unpaired) electrons. The molecule has 0 aliphatic heterocycles. The molecule has 94 valence electrons. The third-order valence-electron chi connectivity index (χ3n) is 2.21. The molecule has 2 N–H and O–H groups in total. The minimum absolute atomic E-state index is 0.105. The third-order valence-corrected chi connectivity index (χ3v) is 3.24. The summed E-state index contributed by atoms with van der Waals surface area (Å²) in [5.41, 5.74) is 2.20. The van der Waals surface area contributed by atoms with E-state index in [1.165, 1.54) is 5.56 Å². The predicted molar refractivity (Wildman–Crippen MR) is 75.3 cm³/mol. The van der Waals surface area contributed by atoms with E-state index < -0.39 is 0 Å². The molecule has 0 saturated heterocycles. The zero-order valence-electron chi connectivity index (χ0n) is 10.4. The number of rotatable bonds is 5. The van der Waals surface area contributed by atoms with Gasteiger partial charge in [-0.1, -0.05) is 36.0 Å². The fraction of sp³-hybridized carbons (Fsp3) is 0.462. The SMILES string of the molecule is CCN=C(NCC)SCc1ccc(CO)cc1. The van der Waals surface area contributed by atoms with E-state index in [-0.39, 0.29) is 6.61 Å². The summed E-state index contributed by atoms with van der Waals surface area (Å²) in [7, 11) is 0. The van der Waals surface area contributed by atoms with Crippen molar-refractivity contribution in [2.24, 2.45) is 4.99 Å². The van der Waals surface area contributed by atoms with Gasteiger partial charge in [0.25, 0.3) is 0 Å². The molecule has 1 aromatic carbocycles. The van der Waals surface area contributed by atoms with Crippen LogP contribution >= 0.6 is 11.8 Å². The third kappa shape index (κ3) is 5.24. The van der Waals surface area contributed by atoms with Gasteiger partial charge in [0.1, 0.15) is 0 Å². The largest absolute Gasteiger partial charge is 0.392 e. The Balaban J connectivity index is 2.50. The normalized spacial score (nSPS) is 11.6. The summed E-state index contributed by atoms with van der Waals surface area (Å²) in [4.78, 5) is 4.39. The standard InChI is InChI=1S/C13H20N2OS/c1-3-14-13(15-4-2)17-10-12-7-5-11(9-16)6-8-12/h5-8,16H,3-4,9-10H2,1-2H3,(H,14,15). The van der Waals surface area contributed by atoms with Gasteiger partial charge in [-0.25, -0.2) is 0 Å². The molecule has 0 aliphatic carbocycles. The van der Waals surface area contributed by atoms with Crippen molar-refractivity contribution in [2.75, 3.05) is 13.1 Å². The van der Waals surface area contributed by atoms with Crippen molar-refractivity contribution in [3.63, 3.8) is 0 Å². The van der Waals surface area contributed by atoms with Crippen molar-refractivity contribution >= 4 is 16.9 Å². The molecule has 1 rings (SSSR count). The average Bonchev–Trinajstić information content (AvgIpc) is 2.37. The maximum Gasteiger partial charge on any atom is 0.156 e. The zero-order chi connectivity index (χ0) is 12.5. The maximum absolute atomic E-state index is 8.95. The molecular formula is C13H20N2OS. The van der Waals surface area contributed by atoms with Gasteiger partial charge in [-0.3, -0.25) is 4.99 Å². The van der Waals surface area contributed by atoms with Crippen LogP contribution in [0.2, 0.25) is 0 Å². The molecule has 17 heavy (non-hydrogen) atoms. The molecule has 0 fully saturated rings. The summed E-state index contributed by atoms with van der Waals surface area (Å²) in [5, 5.41) is 13.2. The molecule has 3 nitrogen and oxygen atoms in total. The van der Waals surface area contributed by atoms with Gasteiger partial charge in [-0.2, -0.15) is 0 Å². The lowest BCUT2D eigenvalue weighted by molar-refractivity contribution is 0.282. The number of benzene rings is 1. The smallest absolute Gasteiger partial charge is 0.156 e. The molecular weight excluding hydrogens is 232 g/mol. The number of nitrogens with one attached hydrogen (secondary N) is 1. The molecule has 4 heteroatoms. The van der Waals surface area contributed by atoms with Gasteiger partial charge in [-0.05, 0) is 25.0 Å². The number of amidine groups is 1. The minimum Gasteiger partial charge on any atom is -0.392 e. The van der Waals surface area contributed by atoms with Crippen LogP contribution in [0.15, 0.2) is 29.3 Å². The van der Waals surface area contributed by atoms with Gasteiger partial charge in [-0.15, -0.1) is 0 Å². The highest BCUT2D eigenvalue weighted by atomic mass is 32.2. The lowest BCUT2D eigenvalue weighted by atomic mass is 10.2. The Hall–Kier alpha value is -1.00. The van der Waals surface area contributed by atoms with E-state index in [2.05, 4.69) is 17.2 Å². The highest BCUT2D eigenvalue weighted by Crippen LogP contribution is 2.14. The van der Waals surface area contributed by atoms with E-state index in [1.807, 2.05) is 31.2 Å². The first-order chi connectivity index (χ1) is 8.30. The number of hydrogen-bond acceptors (Lipinski definition) is 3. The molecule has 0 bridgehead atoms. The minimum atomic E-state index is 0.105. The first-order valence-electron chi connectivity index (χ1n) is 5.90. The van der Waals surface area contributed by atoms with Crippen molar-refractivity contribution < 1.29 is 5.11 Å². The van der Waals surface area contributed by atoms with E-state index in [9.17, 15) is 0 Å². The van der Waals surface area contributed by atoms with Crippen LogP contribution in [0.5, 0.6) is 0 Å². The van der Waals surface area contributed by atoms with Gasteiger partial charge in [0.15, 0.2) is 5.17 Å². The molecule has 0 amide bonds. The van der Waals surface area contributed by atoms with E-state index in [1.54, 1.807) is 11.8 Å². The predicted octanol–water partition coefficient (Wildman–Crippen LogP) is 2.40. The van der Waals surface area contributed by atoms with Gasteiger partial charge >= 0.3 is 0 Å². The van der Waals surface area contributed by atoms with Crippen LogP contribution in [0.1, 0.15) is 25.0 Å². The van der Waals surface area contributed by atoms with Gasteiger partial charge in [0.2, 0.25) is 0 Å². The van der Waals surface area contributed by atoms with Crippen LogP contribution in [0.4, 0.5) is 0 Å². The zero-order valence-corrected chi connectivity index (χ0v) is 11.3. The van der Waals surface area contributed by atoms with Crippen molar-refractivity contribution in [2.45, 2.75) is 26.2 Å². The quantitative estimate of drug-likeness (QED) is 0.625. The highest BCUT2D eigenvalue weighted by Gasteiger charge is 2.00. The number of nitrogens with zero attached hydrogens (tertiary/aromatic N) is 1. The van der Waals surface area contributed by atoms with Crippen molar-refractivity contribution in [3.05, 3.63) is 35.4 Å². The first kappa shape index (κ1) is 14.1. The second-order valence-electron chi connectivity index (χ2n) is 3.57. The Morgan fingerprint density at radius 2 is 1.88 bits per heavy atom. The molecule has 1 aromatic rings. The average molecular weight is 252 g/mol. The van der Waals surface area contributed by atoms with Crippen LogP contribution in [-0.4, -0.2) is 23.4 Å².